The van der Waals surface area contributed by atoms with Crippen molar-refractivity contribution in [1.29, 1.82) is 0 Å². The van der Waals surface area contributed by atoms with E-state index >= 15 is 0 Å². The van der Waals surface area contributed by atoms with Gasteiger partial charge in [-0.1, -0.05) is 20.3 Å². The van der Waals surface area contributed by atoms with E-state index in [0.717, 1.165) is 13.1 Å². The molecule has 1 fully saturated rings. The van der Waals surface area contributed by atoms with Crippen molar-refractivity contribution in [1.82, 2.24) is 4.90 Å². The highest BCUT2D eigenvalue weighted by atomic mass is 16.5. The fourth-order valence-corrected chi connectivity index (χ4v) is 2.46. The molecular weight excluding hydrogens is 200 g/mol. The van der Waals surface area contributed by atoms with E-state index in [1.807, 2.05) is 7.11 Å². The highest BCUT2D eigenvalue weighted by Gasteiger charge is 2.25. The lowest BCUT2D eigenvalue weighted by Gasteiger charge is -2.36. The molecule has 16 heavy (non-hydrogen) atoms. The number of hydrogen-bond donors (Lipinski definition) is 1. The van der Waals surface area contributed by atoms with Gasteiger partial charge in [0.25, 0.3) is 0 Å². The maximum atomic E-state index is 5.73. The first-order valence-electron chi connectivity index (χ1n) is 6.66. The first-order chi connectivity index (χ1) is 7.71. The molecule has 96 valence electrons. The Morgan fingerprint density at radius 2 is 2.25 bits per heavy atom. The van der Waals surface area contributed by atoms with Crippen molar-refractivity contribution in [2.75, 3.05) is 33.3 Å². The van der Waals surface area contributed by atoms with E-state index in [9.17, 15) is 0 Å². The molecule has 0 aromatic rings. The molecule has 1 saturated heterocycles. The second kappa shape index (κ2) is 7.25. The Morgan fingerprint density at radius 1 is 1.50 bits per heavy atom. The van der Waals surface area contributed by atoms with E-state index in [4.69, 9.17) is 10.5 Å². The topological polar surface area (TPSA) is 38.5 Å². The minimum atomic E-state index is 0.423. The Kier molecular flexibility index (Phi) is 6.32. The van der Waals surface area contributed by atoms with Crippen molar-refractivity contribution in [3.63, 3.8) is 0 Å². The summed E-state index contributed by atoms with van der Waals surface area (Å²) in [4.78, 5) is 2.53. The monoisotopic (exact) mass is 228 g/mol. The van der Waals surface area contributed by atoms with Gasteiger partial charge in [0.2, 0.25) is 0 Å². The van der Waals surface area contributed by atoms with Crippen LogP contribution in [0.4, 0.5) is 0 Å². The van der Waals surface area contributed by atoms with Gasteiger partial charge in [-0.05, 0) is 44.3 Å². The van der Waals surface area contributed by atoms with E-state index in [-0.39, 0.29) is 0 Å². The lowest BCUT2D eigenvalue weighted by Crippen LogP contribution is -2.44. The third-order valence-corrected chi connectivity index (χ3v) is 4.04. The first-order valence-corrected chi connectivity index (χ1v) is 6.66. The molecule has 1 rings (SSSR count). The van der Waals surface area contributed by atoms with Gasteiger partial charge in [-0.15, -0.1) is 0 Å². The van der Waals surface area contributed by atoms with Gasteiger partial charge in [0, 0.05) is 13.7 Å². The molecule has 3 nitrogen and oxygen atoms in total. The van der Waals surface area contributed by atoms with Crippen LogP contribution >= 0.6 is 0 Å². The van der Waals surface area contributed by atoms with Gasteiger partial charge in [-0.3, -0.25) is 0 Å². The van der Waals surface area contributed by atoms with Gasteiger partial charge < -0.3 is 15.4 Å². The smallest absolute Gasteiger partial charge is 0.0724 e. The SMILES string of the molecule is CCC(CN)CCN1CCC(C)C(OC)C1. The van der Waals surface area contributed by atoms with E-state index in [2.05, 4.69) is 18.7 Å². The number of nitrogens with zero attached hydrogens (tertiary/aromatic N) is 1. The molecule has 0 aliphatic carbocycles. The Morgan fingerprint density at radius 3 is 2.81 bits per heavy atom. The first kappa shape index (κ1) is 13.9. The van der Waals surface area contributed by atoms with Crippen LogP contribution in [-0.2, 0) is 4.74 Å². The lowest BCUT2D eigenvalue weighted by atomic mass is 9.95. The molecule has 2 N–H and O–H groups in total. The molecular formula is C13H28N2O. The Hall–Kier alpha value is -0.120. The van der Waals surface area contributed by atoms with E-state index in [1.165, 1.54) is 32.4 Å². The van der Waals surface area contributed by atoms with Crippen LogP contribution in [0.1, 0.15) is 33.1 Å². The third kappa shape index (κ3) is 4.04. The van der Waals surface area contributed by atoms with Crippen LogP contribution < -0.4 is 5.73 Å². The minimum Gasteiger partial charge on any atom is -0.380 e. The number of piperidine rings is 1. The van der Waals surface area contributed by atoms with Crippen molar-refractivity contribution in [3.8, 4) is 0 Å². The molecule has 1 heterocycles. The van der Waals surface area contributed by atoms with Gasteiger partial charge in [0.15, 0.2) is 0 Å². The fourth-order valence-electron chi connectivity index (χ4n) is 2.46. The normalized spacial score (nSPS) is 29.2. The molecule has 0 bridgehead atoms. The highest BCUT2D eigenvalue weighted by Crippen LogP contribution is 2.20. The number of ether oxygens (including phenoxy) is 1. The zero-order chi connectivity index (χ0) is 12.0. The number of methoxy groups -OCH3 is 1. The van der Waals surface area contributed by atoms with Crippen LogP contribution in [-0.4, -0.2) is 44.3 Å². The summed E-state index contributed by atoms with van der Waals surface area (Å²) in [5.74, 6) is 1.40. The Labute approximate surface area is 100 Å². The molecule has 0 aromatic heterocycles. The summed E-state index contributed by atoms with van der Waals surface area (Å²) in [6.45, 7) is 8.85. The maximum Gasteiger partial charge on any atom is 0.0724 e. The second-order valence-electron chi connectivity index (χ2n) is 5.14. The summed E-state index contributed by atoms with van der Waals surface area (Å²) in [7, 11) is 1.83. The molecule has 1 aliphatic heterocycles. The Balaban J connectivity index is 2.27. The van der Waals surface area contributed by atoms with Gasteiger partial charge >= 0.3 is 0 Å². The van der Waals surface area contributed by atoms with Crippen LogP contribution in [0.15, 0.2) is 0 Å². The summed E-state index contributed by atoms with van der Waals surface area (Å²) in [5.41, 5.74) is 5.73. The molecule has 3 heteroatoms. The van der Waals surface area contributed by atoms with Crippen molar-refractivity contribution >= 4 is 0 Å². The Bertz CT molecular complexity index is 183. The summed E-state index contributed by atoms with van der Waals surface area (Å²) in [6, 6.07) is 0. The molecule has 3 atom stereocenters. The third-order valence-electron chi connectivity index (χ3n) is 4.04. The van der Waals surface area contributed by atoms with Crippen LogP contribution in [0.2, 0.25) is 0 Å². The summed E-state index contributed by atoms with van der Waals surface area (Å²) in [6.07, 6.45) is 4.12. The quantitative estimate of drug-likeness (QED) is 0.752. The minimum absolute atomic E-state index is 0.423. The summed E-state index contributed by atoms with van der Waals surface area (Å²) < 4.78 is 5.53. The van der Waals surface area contributed by atoms with Crippen LogP contribution in [0.5, 0.6) is 0 Å². The van der Waals surface area contributed by atoms with Gasteiger partial charge in [-0.2, -0.15) is 0 Å². The molecule has 3 unspecified atom stereocenters. The fraction of sp³-hybridized carbons (Fsp3) is 1.00. The van der Waals surface area contributed by atoms with Crippen LogP contribution in [0, 0.1) is 11.8 Å². The summed E-state index contributed by atoms with van der Waals surface area (Å²) >= 11 is 0. The predicted octanol–water partition coefficient (Wildman–Crippen LogP) is 1.72. The van der Waals surface area contributed by atoms with Gasteiger partial charge in [0.05, 0.1) is 6.10 Å². The van der Waals surface area contributed by atoms with Gasteiger partial charge in [0.1, 0.15) is 0 Å². The number of likely N-dealkylation sites (tertiary alicyclic amines) is 1. The molecule has 0 aromatic carbocycles. The molecule has 0 amide bonds. The largest absolute Gasteiger partial charge is 0.380 e. The molecule has 0 radical (unpaired) electrons. The second-order valence-corrected chi connectivity index (χ2v) is 5.14. The molecule has 0 saturated carbocycles. The van der Waals surface area contributed by atoms with Crippen LogP contribution in [0.25, 0.3) is 0 Å². The van der Waals surface area contributed by atoms with E-state index in [0.29, 0.717) is 17.9 Å². The van der Waals surface area contributed by atoms with Crippen molar-refractivity contribution < 1.29 is 4.74 Å². The van der Waals surface area contributed by atoms with Crippen molar-refractivity contribution in [2.24, 2.45) is 17.6 Å². The predicted molar refractivity (Wildman–Crippen MR) is 68.5 cm³/mol. The molecule has 0 spiro atoms. The molecule has 1 aliphatic rings. The van der Waals surface area contributed by atoms with Crippen LogP contribution in [0.3, 0.4) is 0 Å². The van der Waals surface area contributed by atoms with Crippen molar-refractivity contribution in [3.05, 3.63) is 0 Å². The average Bonchev–Trinajstić information content (AvgIpc) is 2.32. The van der Waals surface area contributed by atoms with Gasteiger partial charge in [-0.25, -0.2) is 0 Å². The van der Waals surface area contributed by atoms with Crippen molar-refractivity contribution in [2.45, 2.75) is 39.2 Å². The number of nitrogens with two attached hydrogens (primary N) is 1. The maximum absolute atomic E-state index is 5.73. The standard InChI is InChI=1S/C13H28N2O/c1-4-12(9-14)6-8-15-7-5-11(2)13(10-15)16-3/h11-13H,4-10,14H2,1-3H3. The van der Waals surface area contributed by atoms with E-state index in [1.54, 1.807) is 0 Å². The zero-order valence-corrected chi connectivity index (χ0v) is 11.1. The number of hydrogen-bond acceptors (Lipinski definition) is 3. The summed E-state index contributed by atoms with van der Waals surface area (Å²) in [5, 5.41) is 0. The highest BCUT2D eigenvalue weighted by molar-refractivity contribution is 4.78. The lowest BCUT2D eigenvalue weighted by molar-refractivity contribution is -0.00621. The average molecular weight is 228 g/mol. The van der Waals surface area contributed by atoms with E-state index < -0.39 is 0 Å². The zero-order valence-electron chi connectivity index (χ0n) is 11.1. The number of rotatable bonds is 6.